The van der Waals surface area contributed by atoms with Crippen molar-refractivity contribution in [3.05, 3.63) is 56.5 Å². The lowest BCUT2D eigenvalue weighted by Gasteiger charge is -2.12. The molecule has 0 fully saturated rings. The van der Waals surface area contributed by atoms with Gasteiger partial charge in [0.1, 0.15) is 33.0 Å². The van der Waals surface area contributed by atoms with E-state index < -0.39 is 17.2 Å². The average molecular weight is 408 g/mol. The largest absolute Gasteiger partial charge is 0.383 e. The van der Waals surface area contributed by atoms with Gasteiger partial charge in [-0.15, -0.1) is 22.7 Å². The summed E-state index contributed by atoms with van der Waals surface area (Å²) in [6, 6.07) is 3.55. The molecule has 0 aliphatic rings. The first kappa shape index (κ1) is 19.7. The van der Waals surface area contributed by atoms with Gasteiger partial charge in [0.2, 0.25) is 0 Å². The summed E-state index contributed by atoms with van der Waals surface area (Å²) in [6.07, 6.45) is -0.301. The van der Waals surface area contributed by atoms with Crippen LogP contribution in [0.25, 0.3) is 10.6 Å². The lowest BCUT2D eigenvalue weighted by atomic mass is 10.1. The SMILES string of the molecule is Cc1nc(C(C)(C)O)sc1-c1csc(CC(=O)Cc2c(F)cccc2F)n1. The number of rotatable bonds is 6. The molecule has 1 N–H and O–H groups in total. The molecule has 0 spiro atoms. The molecule has 0 saturated heterocycles. The van der Waals surface area contributed by atoms with Gasteiger partial charge in [-0.25, -0.2) is 18.7 Å². The van der Waals surface area contributed by atoms with Crippen LogP contribution in [0.5, 0.6) is 0 Å². The third-order valence-electron chi connectivity index (χ3n) is 3.89. The highest BCUT2D eigenvalue weighted by molar-refractivity contribution is 7.16. The molecular formula is C19H18F2N2O2S2. The number of ketones is 1. The van der Waals surface area contributed by atoms with Gasteiger partial charge in [0.05, 0.1) is 22.7 Å². The van der Waals surface area contributed by atoms with Crippen molar-refractivity contribution in [3.8, 4) is 10.6 Å². The highest BCUT2D eigenvalue weighted by Crippen LogP contribution is 2.35. The zero-order chi connectivity index (χ0) is 19.8. The number of halogens is 2. The minimum atomic E-state index is -1.04. The third kappa shape index (κ3) is 4.45. The summed E-state index contributed by atoms with van der Waals surface area (Å²) < 4.78 is 27.4. The fourth-order valence-electron chi connectivity index (χ4n) is 2.52. The van der Waals surface area contributed by atoms with E-state index in [0.717, 1.165) is 22.7 Å². The number of Topliss-reactive ketones (excluding diaryl/α,β-unsaturated/α-hetero) is 1. The topological polar surface area (TPSA) is 63.1 Å². The number of nitrogens with zero attached hydrogens (tertiary/aromatic N) is 2. The van der Waals surface area contributed by atoms with Crippen LogP contribution in [-0.4, -0.2) is 20.9 Å². The number of aromatic nitrogens is 2. The lowest BCUT2D eigenvalue weighted by Crippen LogP contribution is -2.14. The fraction of sp³-hybridized carbons (Fsp3) is 0.316. The Morgan fingerprint density at radius 1 is 1.19 bits per heavy atom. The molecule has 0 amide bonds. The Morgan fingerprint density at radius 3 is 2.44 bits per heavy atom. The van der Waals surface area contributed by atoms with E-state index in [2.05, 4.69) is 9.97 Å². The van der Waals surface area contributed by atoms with Crippen molar-refractivity contribution < 1.29 is 18.7 Å². The maximum atomic E-state index is 13.7. The summed E-state index contributed by atoms with van der Waals surface area (Å²) in [5, 5.41) is 13.1. The van der Waals surface area contributed by atoms with Gasteiger partial charge in [-0.2, -0.15) is 0 Å². The third-order valence-corrected chi connectivity index (χ3v) is 6.23. The van der Waals surface area contributed by atoms with Crippen molar-refractivity contribution in [2.75, 3.05) is 0 Å². The van der Waals surface area contributed by atoms with Gasteiger partial charge < -0.3 is 5.11 Å². The second-order valence-electron chi connectivity index (χ2n) is 6.71. The average Bonchev–Trinajstić information content (AvgIpc) is 3.17. The van der Waals surface area contributed by atoms with Crippen molar-refractivity contribution in [1.29, 1.82) is 0 Å². The number of carbonyl (C=O) groups excluding carboxylic acids is 1. The van der Waals surface area contributed by atoms with Gasteiger partial charge in [0.25, 0.3) is 0 Å². The van der Waals surface area contributed by atoms with E-state index in [1.54, 1.807) is 13.8 Å². The summed E-state index contributed by atoms with van der Waals surface area (Å²) >= 11 is 2.67. The van der Waals surface area contributed by atoms with Crippen molar-refractivity contribution in [1.82, 2.24) is 9.97 Å². The number of hydrogen-bond acceptors (Lipinski definition) is 6. The van der Waals surface area contributed by atoms with E-state index in [0.29, 0.717) is 15.7 Å². The number of benzene rings is 1. The van der Waals surface area contributed by atoms with Crippen LogP contribution in [0.15, 0.2) is 23.6 Å². The van der Waals surface area contributed by atoms with E-state index in [-0.39, 0.29) is 24.2 Å². The van der Waals surface area contributed by atoms with Crippen LogP contribution in [0.3, 0.4) is 0 Å². The zero-order valence-corrected chi connectivity index (χ0v) is 16.7. The van der Waals surface area contributed by atoms with Crippen molar-refractivity contribution >= 4 is 28.5 Å². The quantitative estimate of drug-likeness (QED) is 0.655. The van der Waals surface area contributed by atoms with Crippen LogP contribution in [0.4, 0.5) is 8.78 Å². The van der Waals surface area contributed by atoms with Gasteiger partial charge in [-0.1, -0.05) is 6.07 Å². The van der Waals surface area contributed by atoms with E-state index >= 15 is 0 Å². The Bertz CT molecular complexity index is 970. The number of carbonyl (C=O) groups is 1. The molecule has 142 valence electrons. The maximum absolute atomic E-state index is 13.7. The highest BCUT2D eigenvalue weighted by Gasteiger charge is 2.24. The normalized spacial score (nSPS) is 11.8. The van der Waals surface area contributed by atoms with Crippen LogP contribution in [0, 0.1) is 18.6 Å². The molecule has 8 heteroatoms. The first-order chi connectivity index (χ1) is 12.6. The minimum Gasteiger partial charge on any atom is -0.383 e. The number of aryl methyl sites for hydroxylation is 1. The Balaban J connectivity index is 1.75. The molecule has 2 heterocycles. The number of aliphatic hydroxyl groups is 1. The molecule has 0 bridgehead atoms. The predicted molar refractivity (Wildman–Crippen MR) is 102 cm³/mol. The number of hydrogen-bond donors (Lipinski definition) is 1. The highest BCUT2D eigenvalue weighted by atomic mass is 32.1. The van der Waals surface area contributed by atoms with Crippen molar-refractivity contribution in [3.63, 3.8) is 0 Å². The minimum absolute atomic E-state index is 0.00857. The molecule has 3 aromatic rings. The van der Waals surface area contributed by atoms with Crippen LogP contribution in [0.2, 0.25) is 0 Å². The number of thiazole rings is 2. The summed E-state index contributed by atoms with van der Waals surface area (Å²) in [4.78, 5) is 21.9. The van der Waals surface area contributed by atoms with E-state index in [4.69, 9.17) is 0 Å². The molecule has 3 rings (SSSR count). The van der Waals surface area contributed by atoms with Gasteiger partial charge in [-0.3, -0.25) is 4.79 Å². The van der Waals surface area contributed by atoms with E-state index in [1.165, 1.54) is 28.7 Å². The van der Waals surface area contributed by atoms with E-state index in [9.17, 15) is 18.7 Å². The van der Waals surface area contributed by atoms with E-state index in [1.807, 2.05) is 12.3 Å². The van der Waals surface area contributed by atoms with Gasteiger partial charge in [0.15, 0.2) is 0 Å². The molecule has 0 aliphatic heterocycles. The molecule has 1 aromatic carbocycles. The Hall–Kier alpha value is -2.03. The summed E-state index contributed by atoms with van der Waals surface area (Å²) in [6.45, 7) is 5.18. The Morgan fingerprint density at radius 2 is 1.85 bits per heavy atom. The molecule has 4 nitrogen and oxygen atoms in total. The second-order valence-corrected chi connectivity index (χ2v) is 8.65. The summed E-state index contributed by atoms with van der Waals surface area (Å²) in [5.41, 5.74) is 0.193. The van der Waals surface area contributed by atoms with Crippen LogP contribution >= 0.6 is 22.7 Å². The second kappa shape index (κ2) is 7.53. The summed E-state index contributed by atoms with van der Waals surface area (Å²) in [5.74, 6) is -1.75. The molecular weight excluding hydrogens is 390 g/mol. The van der Waals surface area contributed by atoms with Gasteiger partial charge in [0, 0.05) is 17.4 Å². The lowest BCUT2D eigenvalue weighted by molar-refractivity contribution is -0.117. The van der Waals surface area contributed by atoms with Gasteiger partial charge in [-0.05, 0) is 32.9 Å². The molecule has 0 unspecified atom stereocenters. The molecule has 0 atom stereocenters. The summed E-state index contributed by atoms with van der Waals surface area (Å²) in [7, 11) is 0. The Labute approximate surface area is 163 Å². The van der Waals surface area contributed by atoms with Gasteiger partial charge >= 0.3 is 0 Å². The first-order valence-corrected chi connectivity index (χ1v) is 9.94. The van der Waals surface area contributed by atoms with Crippen LogP contribution in [0.1, 0.15) is 35.1 Å². The maximum Gasteiger partial charge on any atom is 0.144 e. The smallest absolute Gasteiger partial charge is 0.144 e. The molecule has 0 saturated carbocycles. The molecule has 0 radical (unpaired) electrons. The van der Waals surface area contributed by atoms with Crippen LogP contribution in [-0.2, 0) is 23.2 Å². The monoisotopic (exact) mass is 408 g/mol. The predicted octanol–water partition coefficient (Wildman–Crippen LogP) is 4.43. The van der Waals surface area contributed by atoms with Crippen molar-refractivity contribution in [2.24, 2.45) is 0 Å². The van der Waals surface area contributed by atoms with Crippen LogP contribution < -0.4 is 0 Å². The molecule has 2 aromatic heterocycles. The fourth-order valence-corrected chi connectivity index (χ4v) is 4.44. The Kier molecular flexibility index (Phi) is 5.50. The first-order valence-electron chi connectivity index (χ1n) is 8.25. The molecule has 27 heavy (non-hydrogen) atoms. The molecule has 0 aliphatic carbocycles. The zero-order valence-electron chi connectivity index (χ0n) is 15.0. The van der Waals surface area contributed by atoms with Crippen molar-refractivity contribution in [2.45, 2.75) is 39.2 Å². The standard InChI is InChI=1S/C19H18F2N2O2S2/c1-10-17(27-18(22-10)19(2,3)25)15-9-26-16(23-15)8-11(24)7-12-13(20)5-4-6-14(12)21/h4-6,9,25H,7-8H2,1-3H3.